The zero-order chi connectivity index (χ0) is 20.3. The Hall–Kier alpha value is -2.99. The van der Waals surface area contributed by atoms with E-state index < -0.39 is 12.1 Å². The minimum absolute atomic E-state index is 0.223. The number of allylic oxidation sites excluding steroid dienone is 1. The summed E-state index contributed by atoms with van der Waals surface area (Å²) in [7, 11) is 0. The van der Waals surface area contributed by atoms with E-state index in [0.717, 1.165) is 21.4 Å². The number of aliphatic carboxylic acids is 1. The van der Waals surface area contributed by atoms with E-state index in [4.69, 9.17) is 14.3 Å². The van der Waals surface area contributed by atoms with Crippen LogP contribution in [-0.4, -0.2) is 29.2 Å². The Kier molecular flexibility index (Phi) is 5.90. The van der Waals surface area contributed by atoms with Gasteiger partial charge in [0.15, 0.2) is 11.9 Å². The first-order valence-electron chi connectivity index (χ1n) is 8.67. The number of carboxylic acid groups (broad SMARTS) is 1. The second-order valence-corrected chi connectivity index (χ2v) is 7.21. The molecule has 0 saturated carbocycles. The number of thioether (sulfide) groups is 1. The van der Waals surface area contributed by atoms with Crippen LogP contribution < -0.4 is 4.74 Å². The van der Waals surface area contributed by atoms with E-state index in [9.17, 15) is 9.59 Å². The fourth-order valence-electron chi connectivity index (χ4n) is 2.66. The smallest absolute Gasteiger partial charge is 0.344 e. The Balaban J connectivity index is 1.75. The van der Waals surface area contributed by atoms with E-state index in [1.165, 1.54) is 13.0 Å². The number of carboxylic acids is 1. The molecule has 28 heavy (non-hydrogen) atoms. The third-order valence-electron chi connectivity index (χ3n) is 4.25. The van der Waals surface area contributed by atoms with E-state index in [1.807, 2.05) is 37.4 Å². The number of rotatable bonds is 7. The van der Waals surface area contributed by atoms with Gasteiger partial charge in [-0.3, -0.25) is 4.79 Å². The standard InChI is InChI=1S/C22H20O5S/c1-13-10-15(5-9-19(13)26-14(2)22(24)25)4-8-18(23)21-11-16-6-7-17(28-3)12-20(16)27-21/h4-12,14H,1-3H3,(H,24,25)/b8-4+. The van der Waals surface area contributed by atoms with Crippen LogP contribution in [0.2, 0.25) is 0 Å². The minimum atomic E-state index is -1.02. The zero-order valence-corrected chi connectivity index (χ0v) is 16.6. The summed E-state index contributed by atoms with van der Waals surface area (Å²) < 4.78 is 11.1. The molecular formula is C22H20O5S. The van der Waals surface area contributed by atoms with Crippen LogP contribution in [-0.2, 0) is 4.79 Å². The van der Waals surface area contributed by atoms with E-state index in [-0.39, 0.29) is 11.5 Å². The zero-order valence-electron chi connectivity index (χ0n) is 15.8. The van der Waals surface area contributed by atoms with Crippen molar-refractivity contribution < 1.29 is 23.8 Å². The Morgan fingerprint density at radius 3 is 2.64 bits per heavy atom. The fourth-order valence-corrected chi connectivity index (χ4v) is 3.09. The van der Waals surface area contributed by atoms with Crippen LogP contribution in [0.4, 0.5) is 0 Å². The Bertz CT molecular complexity index is 1060. The van der Waals surface area contributed by atoms with Gasteiger partial charge < -0.3 is 14.3 Å². The molecule has 0 saturated heterocycles. The second kappa shape index (κ2) is 8.35. The summed E-state index contributed by atoms with van der Waals surface area (Å²) in [5.74, 6) is -0.458. The molecule has 0 spiro atoms. The molecule has 144 valence electrons. The molecule has 0 amide bonds. The predicted molar refractivity (Wildman–Crippen MR) is 110 cm³/mol. The highest BCUT2D eigenvalue weighted by atomic mass is 32.2. The van der Waals surface area contributed by atoms with Gasteiger partial charge in [0.05, 0.1) is 0 Å². The van der Waals surface area contributed by atoms with Crippen molar-refractivity contribution in [3.63, 3.8) is 0 Å². The molecule has 5 nitrogen and oxygen atoms in total. The van der Waals surface area contributed by atoms with Gasteiger partial charge in [-0.15, -0.1) is 11.8 Å². The van der Waals surface area contributed by atoms with Crippen molar-refractivity contribution in [2.45, 2.75) is 24.8 Å². The molecule has 1 aromatic heterocycles. The summed E-state index contributed by atoms with van der Waals surface area (Å²) in [6, 6.07) is 12.9. The van der Waals surface area contributed by atoms with Crippen molar-refractivity contribution in [1.82, 2.24) is 0 Å². The van der Waals surface area contributed by atoms with E-state index in [2.05, 4.69) is 0 Å². The maximum atomic E-state index is 12.4. The van der Waals surface area contributed by atoms with E-state index >= 15 is 0 Å². The van der Waals surface area contributed by atoms with Gasteiger partial charge in [-0.05, 0) is 73.7 Å². The predicted octanol–water partition coefficient (Wildman–Crippen LogP) is 5.21. The molecule has 6 heteroatoms. The molecule has 1 heterocycles. The maximum Gasteiger partial charge on any atom is 0.344 e. The number of furan rings is 1. The monoisotopic (exact) mass is 396 g/mol. The van der Waals surface area contributed by atoms with Gasteiger partial charge in [0.25, 0.3) is 0 Å². The lowest BCUT2D eigenvalue weighted by Crippen LogP contribution is -2.23. The summed E-state index contributed by atoms with van der Waals surface area (Å²) in [5.41, 5.74) is 2.28. The first-order chi connectivity index (χ1) is 13.4. The molecule has 3 aromatic rings. The van der Waals surface area contributed by atoms with Crippen LogP contribution in [0.5, 0.6) is 5.75 Å². The number of ether oxygens (including phenoxy) is 1. The summed E-state index contributed by atoms with van der Waals surface area (Å²) in [5, 5.41) is 9.83. The van der Waals surface area contributed by atoms with Gasteiger partial charge in [0.1, 0.15) is 11.3 Å². The number of benzene rings is 2. The number of ketones is 1. The minimum Gasteiger partial charge on any atom is -0.479 e. The SMILES string of the molecule is CSc1ccc2cc(C(=O)/C=C/c3ccc(OC(C)C(=O)O)c(C)c3)oc2c1. The fraction of sp³-hybridized carbons (Fsp3) is 0.182. The van der Waals surface area contributed by atoms with Crippen LogP contribution >= 0.6 is 11.8 Å². The van der Waals surface area contributed by atoms with Crippen molar-refractivity contribution >= 4 is 40.6 Å². The highest BCUT2D eigenvalue weighted by Crippen LogP contribution is 2.26. The number of aryl methyl sites for hydroxylation is 1. The number of carbonyl (C=O) groups is 2. The van der Waals surface area contributed by atoms with Crippen LogP contribution in [0, 0.1) is 6.92 Å². The molecule has 2 aromatic carbocycles. The molecular weight excluding hydrogens is 376 g/mol. The topological polar surface area (TPSA) is 76.7 Å². The molecule has 1 unspecified atom stereocenters. The van der Waals surface area contributed by atoms with Crippen LogP contribution in [0.1, 0.15) is 28.6 Å². The summed E-state index contributed by atoms with van der Waals surface area (Å²) in [4.78, 5) is 24.4. The van der Waals surface area contributed by atoms with Gasteiger partial charge >= 0.3 is 5.97 Å². The number of carbonyl (C=O) groups excluding carboxylic acids is 1. The second-order valence-electron chi connectivity index (χ2n) is 6.34. The normalized spacial score (nSPS) is 12.4. The number of hydrogen-bond donors (Lipinski definition) is 1. The highest BCUT2D eigenvalue weighted by molar-refractivity contribution is 7.98. The maximum absolute atomic E-state index is 12.4. The molecule has 0 fully saturated rings. The molecule has 0 aliphatic heterocycles. The summed E-state index contributed by atoms with van der Waals surface area (Å²) in [6.45, 7) is 3.30. The van der Waals surface area contributed by atoms with Crippen molar-refractivity contribution in [3.8, 4) is 5.75 Å². The number of hydrogen-bond acceptors (Lipinski definition) is 5. The van der Waals surface area contributed by atoms with Gasteiger partial charge in [-0.25, -0.2) is 4.79 Å². The van der Waals surface area contributed by atoms with Gasteiger partial charge in [-0.1, -0.05) is 12.1 Å². The van der Waals surface area contributed by atoms with E-state index in [1.54, 1.807) is 36.0 Å². The van der Waals surface area contributed by atoms with Crippen molar-refractivity contribution in [1.29, 1.82) is 0 Å². The average Bonchev–Trinajstić information content (AvgIpc) is 3.11. The average molecular weight is 396 g/mol. The largest absolute Gasteiger partial charge is 0.479 e. The quantitative estimate of drug-likeness (QED) is 0.336. The lowest BCUT2D eigenvalue weighted by molar-refractivity contribution is -0.144. The highest BCUT2D eigenvalue weighted by Gasteiger charge is 2.14. The van der Waals surface area contributed by atoms with Gasteiger partial charge in [0.2, 0.25) is 5.78 Å². The van der Waals surface area contributed by atoms with Crippen LogP contribution in [0.15, 0.2) is 57.9 Å². The molecule has 3 rings (SSSR count). The lowest BCUT2D eigenvalue weighted by atomic mass is 10.1. The van der Waals surface area contributed by atoms with Gasteiger partial charge in [-0.2, -0.15) is 0 Å². The summed E-state index contributed by atoms with van der Waals surface area (Å²) in [6.07, 6.45) is 4.21. The van der Waals surface area contributed by atoms with Crippen molar-refractivity contribution in [2.24, 2.45) is 0 Å². The lowest BCUT2D eigenvalue weighted by Gasteiger charge is -2.13. The Morgan fingerprint density at radius 2 is 1.96 bits per heavy atom. The van der Waals surface area contributed by atoms with Crippen LogP contribution in [0.3, 0.4) is 0 Å². The molecule has 1 atom stereocenters. The first-order valence-corrected chi connectivity index (χ1v) is 9.90. The first kappa shape index (κ1) is 19.8. The van der Waals surface area contributed by atoms with Crippen molar-refractivity contribution in [3.05, 3.63) is 65.4 Å². The van der Waals surface area contributed by atoms with Gasteiger partial charge in [0, 0.05) is 10.3 Å². The third-order valence-corrected chi connectivity index (χ3v) is 4.97. The molecule has 0 aliphatic carbocycles. The summed E-state index contributed by atoms with van der Waals surface area (Å²) >= 11 is 1.61. The molecule has 1 N–H and O–H groups in total. The molecule has 0 bridgehead atoms. The molecule has 0 aliphatic rings. The number of fused-ring (bicyclic) bond motifs is 1. The third kappa shape index (κ3) is 4.46. The van der Waals surface area contributed by atoms with E-state index in [0.29, 0.717) is 11.3 Å². The van der Waals surface area contributed by atoms with Crippen molar-refractivity contribution in [2.75, 3.05) is 6.26 Å². The Labute approximate surface area is 167 Å². The van der Waals surface area contributed by atoms with Crippen LogP contribution in [0.25, 0.3) is 17.0 Å². The molecule has 0 radical (unpaired) electrons. The Morgan fingerprint density at radius 1 is 1.18 bits per heavy atom.